The van der Waals surface area contributed by atoms with Crippen molar-refractivity contribution in [2.45, 2.75) is 43.0 Å². The van der Waals surface area contributed by atoms with Crippen LogP contribution in [0.4, 0.5) is 0 Å². The molecule has 2 unspecified atom stereocenters. The van der Waals surface area contributed by atoms with Crippen LogP contribution < -0.4 is 0 Å². The van der Waals surface area contributed by atoms with E-state index in [9.17, 15) is 14.3 Å². The fourth-order valence-electron chi connectivity index (χ4n) is 2.93. The average Bonchev–Trinajstić information content (AvgIpc) is 2.84. The zero-order valence-corrected chi connectivity index (χ0v) is 14.3. The lowest BCUT2D eigenvalue weighted by atomic mass is 9.98. The number of nitrogens with zero attached hydrogens (tertiary/aromatic N) is 4. The molecule has 124 valence electrons. The minimum atomic E-state index is -1.10. The summed E-state index contributed by atoms with van der Waals surface area (Å²) in [6.45, 7) is 0.747. The van der Waals surface area contributed by atoms with Gasteiger partial charge in [0.15, 0.2) is 17.5 Å². The summed E-state index contributed by atoms with van der Waals surface area (Å²) < 4.78 is 13.4. The van der Waals surface area contributed by atoms with Crippen molar-refractivity contribution in [3.63, 3.8) is 0 Å². The molecule has 0 amide bonds. The number of Topliss-reactive ketones (excluding diaryl/α,β-unsaturated/α-hetero) is 1. The van der Waals surface area contributed by atoms with Gasteiger partial charge in [-0.1, -0.05) is 18.6 Å². The molecular formula is C17H18N4O2S. The van der Waals surface area contributed by atoms with Crippen molar-refractivity contribution >= 4 is 16.6 Å². The zero-order chi connectivity index (χ0) is 17.1. The quantitative estimate of drug-likeness (QED) is 0.795. The van der Waals surface area contributed by atoms with Crippen molar-refractivity contribution in [3.05, 3.63) is 41.5 Å². The van der Waals surface area contributed by atoms with Crippen molar-refractivity contribution in [1.29, 1.82) is 5.26 Å². The second kappa shape index (κ2) is 7.05. The second-order valence-electron chi connectivity index (χ2n) is 5.84. The molecule has 0 bridgehead atoms. The molecule has 3 rings (SSSR count). The van der Waals surface area contributed by atoms with Crippen LogP contribution in [-0.2, 0) is 23.8 Å². The first-order valence-corrected chi connectivity index (χ1v) is 9.47. The van der Waals surface area contributed by atoms with Crippen LogP contribution >= 0.6 is 0 Å². The lowest BCUT2D eigenvalue weighted by Gasteiger charge is -2.11. The Morgan fingerprint density at radius 1 is 1.25 bits per heavy atom. The van der Waals surface area contributed by atoms with Crippen LogP contribution in [0.5, 0.6) is 0 Å². The third kappa shape index (κ3) is 3.15. The van der Waals surface area contributed by atoms with E-state index in [2.05, 4.69) is 16.3 Å². The predicted molar refractivity (Wildman–Crippen MR) is 89.0 cm³/mol. The van der Waals surface area contributed by atoms with Crippen LogP contribution in [0.1, 0.15) is 47.2 Å². The van der Waals surface area contributed by atoms with Gasteiger partial charge in [-0.05, 0) is 25.0 Å². The maximum absolute atomic E-state index is 12.7. The smallest absolute Gasteiger partial charge is 0.187 e. The van der Waals surface area contributed by atoms with E-state index >= 15 is 0 Å². The Kier molecular flexibility index (Phi) is 4.86. The average molecular weight is 342 g/mol. The van der Waals surface area contributed by atoms with E-state index in [-0.39, 0.29) is 5.78 Å². The Morgan fingerprint density at radius 2 is 2.00 bits per heavy atom. The van der Waals surface area contributed by atoms with E-state index < -0.39 is 16.7 Å². The molecule has 0 radical (unpaired) electrons. The first kappa shape index (κ1) is 16.5. The van der Waals surface area contributed by atoms with Gasteiger partial charge in [0, 0.05) is 40.5 Å². The van der Waals surface area contributed by atoms with Crippen LogP contribution in [-0.4, -0.2) is 31.0 Å². The molecule has 0 saturated carbocycles. The number of rotatable bonds is 4. The molecule has 0 spiro atoms. The van der Waals surface area contributed by atoms with Gasteiger partial charge in [-0.25, -0.2) is 0 Å². The van der Waals surface area contributed by atoms with E-state index in [4.69, 9.17) is 0 Å². The summed E-state index contributed by atoms with van der Waals surface area (Å²) in [4.78, 5) is 13.4. The van der Waals surface area contributed by atoms with Gasteiger partial charge in [-0.3, -0.25) is 9.00 Å². The zero-order valence-electron chi connectivity index (χ0n) is 13.4. The Labute approximate surface area is 143 Å². The first-order chi connectivity index (χ1) is 11.6. The lowest BCUT2D eigenvalue weighted by Crippen LogP contribution is -2.17. The van der Waals surface area contributed by atoms with Crippen LogP contribution in [0.15, 0.2) is 29.2 Å². The number of aryl methyl sites for hydroxylation is 1. The molecule has 0 aliphatic carbocycles. The van der Waals surface area contributed by atoms with Crippen molar-refractivity contribution in [3.8, 4) is 6.07 Å². The van der Waals surface area contributed by atoms with Gasteiger partial charge in [0.25, 0.3) is 0 Å². The number of nitriles is 1. The standard InChI is InChI=1S/C17H18N4O2S/c1-24(23)13-8-6-12(7-9-13)16(22)14(11-18)17-20-19-15-5-3-2-4-10-21(15)17/h6-9,14H,2-5,10H2,1H3. The van der Waals surface area contributed by atoms with Crippen LogP contribution in [0.3, 0.4) is 0 Å². The molecule has 7 heteroatoms. The normalized spacial score (nSPS) is 16.5. The highest BCUT2D eigenvalue weighted by atomic mass is 32.2. The van der Waals surface area contributed by atoms with E-state index in [0.29, 0.717) is 16.3 Å². The summed E-state index contributed by atoms with van der Waals surface area (Å²) in [6.07, 6.45) is 5.58. The molecule has 1 aliphatic rings. The fraction of sp³-hybridized carbons (Fsp3) is 0.412. The van der Waals surface area contributed by atoms with Gasteiger partial charge in [-0.2, -0.15) is 5.26 Å². The number of carbonyl (C=O) groups is 1. The molecule has 0 N–H and O–H groups in total. The Balaban J connectivity index is 1.92. The number of hydrogen-bond donors (Lipinski definition) is 0. The number of fused-ring (bicyclic) bond motifs is 1. The van der Waals surface area contributed by atoms with Crippen LogP contribution in [0.2, 0.25) is 0 Å². The molecule has 24 heavy (non-hydrogen) atoms. The molecule has 1 aromatic heterocycles. The Hall–Kier alpha value is -2.33. The minimum absolute atomic E-state index is 0.301. The third-order valence-electron chi connectivity index (χ3n) is 4.26. The van der Waals surface area contributed by atoms with Crippen molar-refractivity contribution < 1.29 is 9.00 Å². The van der Waals surface area contributed by atoms with E-state index in [1.54, 1.807) is 30.5 Å². The van der Waals surface area contributed by atoms with E-state index in [0.717, 1.165) is 38.1 Å². The summed E-state index contributed by atoms with van der Waals surface area (Å²) in [5.41, 5.74) is 0.418. The van der Waals surface area contributed by atoms with Crippen LogP contribution in [0.25, 0.3) is 0 Å². The summed E-state index contributed by atoms with van der Waals surface area (Å²) in [5, 5.41) is 17.8. The monoisotopic (exact) mass is 342 g/mol. The molecular weight excluding hydrogens is 324 g/mol. The van der Waals surface area contributed by atoms with Crippen molar-refractivity contribution in [1.82, 2.24) is 14.8 Å². The second-order valence-corrected chi connectivity index (χ2v) is 7.22. The topological polar surface area (TPSA) is 88.6 Å². The summed E-state index contributed by atoms with van der Waals surface area (Å²) in [7, 11) is -1.10. The van der Waals surface area contributed by atoms with Gasteiger partial charge >= 0.3 is 0 Å². The summed E-state index contributed by atoms with van der Waals surface area (Å²) in [6, 6.07) is 8.62. The fourth-order valence-corrected chi connectivity index (χ4v) is 3.45. The van der Waals surface area contributed by atoms with Gasteiger partial charge < -0.3 is 4.57 Å². The molecule has 2 heterocycles. The Morgan fingerprint density at radius 3 is 2.67 bits per heavy atom. The summed E-state index contributed by atoms with van der Waals surface area (Å²) >= 11 is 0. The molecule has 1 aromatic carbocycles. The number of aromatic nitrogens is 3. The highest BCUT2D eigenvalue weighted by Crippen LogP contribution is 2.23. The molecule has 6 nitrogen and oxygen atoms in total. The molecule has 2 aromatic rings. The van der Waals surface area contributed by atoms with Gasteiger partial charge in [0.1, 0.15) is 5.82 Å². The van der Waals surface area contributed by atoms with Gasteiger partial charge in [0.2, 0.25) is 0 Å². The number of benzene rings is 1. The van der Waals surface area contributed by atoms with E-state index in [1.165, 1.54) is 0 Å². The number of carbonyl (C=O) groups excluding carboxylic acids is 1. The van der Waals surface area contributed by atoms with Gasteiger partial charge in [-0.15, -0.1) is 10.2 Å². The molecule has 1 aliphatic heterocycles. The van der Waals surface area contributed by atoms with Crippen molar-refractivity contribution in [2.75, 3.05) is 6.26 Å². The Bertz CT molecular complexity index is 820. The highest BCUT2D eigenvalue weighted by molar-refractivity contribution is 7.84. The number of hydrogen-bond acceptors (Lipinski definition) is 5. The highest BCUT2D eigenvalue weighted by Gasteiger charge is 2.29. The SMILES string of the molecule is CS(=O)c1ccc(C(=O)C(C#N)c2nnc3n2CCCCC3)cc1. The number of ketones is 1. The summed E-state index contributed by atoms with van der Waals surface area (Å²) in [5.74, 6) is 0.0162. The maximum Gasteiger partial charge on any atom is 0.187 e. The molecule has 0 saturated heterocycles. The first-order valence-electron chi connectivity index (χ1n) is 7.91. The lowest BCUT2D eigenvalue weighted by molar-refractivity contribution is 0.0974. The minimum Gasteiger partial charge on any atom is -0.313 e. The third-order valence-corrected chi connectivity index (χ3v) is 5.19. The van der Waals surface area contributed by atoms with Crippen LogP contribution in [0, 0.1) is 11.3 Å². The largest absolute Gasteiger partial charge is 0.313 e. The van der Waals surface area contributed by atoms with E-state index in [1.807, 2.05) is 4.57 Å². The predicted octanol–water partition coefficient (Wildman–Crippen LogP) is 2.23. The van der Waals surface area contributed by atoms with Gasteiger partial charge in [0.05, 0.1) is 6.07 Å². The maximum atomic E-state index is 12.7. The van der Waals surface area contributed by atoms with Crippen molar-refractivity contribution in [2.24, 2.45) is 0 Å². The molecule has 0 fully saturated rings. The molecule has 2 atom stereocenters.